The van der Waals surface area contributed by atoms with E-state index in [1.807, 2.05) is 0 Å². The number of aryl methyl sites for hydroxylation is 1. The van der Waals surface area contributed by atoms with Gasteiger partial charge in [-0.15, -0.1) is 22.0 Å². The molecular weight excluding hydrogens is 366 g/mol. The van der Waals surface area contributed by atoms with E-state index in [9.17, 15) is 14.4 Å². The number of β-lactam (4-membered cyclic amide) rings is 1. The number of Topliss-reactive ketones (excluding diaryl/α,β-unsaturated/α-hetero) is 1. The second-order valence-corrected chi connectivity index (χ2v) is 9.11. The van der Waals surface area contributed by atoms with E-state index in [-0.39, 0.29) is 12.5 Å². The Morgan fingerprint density at radius 2 is 2.16 bits per heavy atom. The van der Waals surface area contributed by atoms with E-state index in [1.165, 1.54) is 28.4 Å². The number of ketones is 1. The van der Waals surface area contributed by atoms with Crippen LogP contribution >= 0.6 is 23.5 Å². The first-order valence-corrected chi connectivity index (χ1v) is 9.77. The van der Waals surface area contributed by atoms with Gasteiger partial charge in [-0.1, -0.05) is 11.8 Å². The Kier molecular flexibility index (Phi) is 4.61. The number of ether oxygens (including phenoxy) is 1. The Morgan fingerprint density at radius 1 is 1.44 bits per heavy atom. The number of amides is 1. The topological polar surface area (TPSA) is 103 Å². The molecule has 1 unspecified atom stereocenters. The van der Waals surface area contributed by atoms with Crippen LogP contribution in [0.3, 0.4) is 0 Å². The summed E-state index contributed by atoms with van der Waals surface area (Å²) in [5, 5.41) is 7.58. The van der Waals surface area contributed by atoms with Crippen LogP contribution in [0.15, 0.2) is 9.64 Å². The summed E-state index contributed by atoms with van der Waals surface area (Å²) in [5.41, 5.74) is -1.58. The van der Waals surface area contributed by atoms with Crippen LogP contribution in [0.25, 0.3) is 0 Å². The molecule has 2 aliphatic heterocycles. The zero-order chi connectivity index (χ0) is 18.4. The van der Waals surface area contributed by atoms with Crippen LogP contribution in [-0.2, 0) is 19.1 Å². The van der Waals surface area contributed by atoms with Gasteiger partial charge in [0, 0.05) is 25.0 Å². The van der Waals surface area contributed by atoms with E-state index >= 15 is 0 Å². The van der Waals surface area contributed by atoms with E-state index < -0.39 is 28.1 Å². The molecule has 0 N–H and O–H groups in total. The summed E-state index contributed by atoms with van der Waals surface area (Å²) in [7, 11) is 0. The van der Waals surface area contributed by atoms with Crippen LogP contribution in [0.5, 0.6) is 0 Å². The van der Waals surface area contributed by atoms with Crippen molar-refractivity contribution < 1.29 is 23.5 Å². The molecule has 1 aromatic heterocycles. The quantitative estimate of drug-likeness (QED) is 0.328. The monoisotopic (exact) mass is 385 g/mol. The molecule has 25 heavy (non-hydrogen) atoms. The number of rotatable bonds is 4. The maximum absolute atomic E-state index is 12.9. The van der Waals surface area contributed by atoms with E-state index in [2.05, 4.69) is 10.2 Å². The lowest BCUT2D eigenvalue weighted by molar-refractivity contribution is -0.171. The van der Waals surface area contributed by atoms with Gasteiger partial charge in [0.1, 0.15) is 16.4 Å². The highest BCUT2D eigenvalue weighted by molar-refractivity contribution is 8.01. The lowest BCUT2D eigenvalue weighted by Crippen LogP contribution is -2.68. The van der Waals surface area contributed by atoms with Crippen LogP contribution < -0.4 is 0 Å². The second kappa shape index (κ2) is 6.31. The third-order valence-electron chi connectivity index (χ3n) is 3.78. The minimum atomic E-state index is -0.933. The number of fused-ring (bicyclic) bond motifs is 1. The lowest BCUT2D eigenvalue weighted by Gasteiger charge is -2.49. The van der Waals surface area contributed by atoms with Gasteiger partial charge in [0.05, 0.1) is 0 Å². The molecule has 0 radical (unpaired) electrons. The first kappa shape index (κ1) is 18.2. The van der Waals surface area contributed by atoms with Crippen LogP contribution in [-0.4, -0.2) is 61.8 Å². The SMILES string of the molecule is Cc1nnc(SCC2(C(=O)OC(C)(C)C)CS[C@@H]3C(=O)C(=O)N3C2)o1. The number of nitrogens with zero attached hydrogens (tertiary/aromatic N) is 3. The number of carbonyl (C=O) groups is 3. The molecule has 0 saturated carbocycles. The van der Waals surface area contributed by atoms with Gasteiger partial charge in [-0.05, 0) is 20.8 Å². The third-order valence-corrected chi connectivity index (χ3v) is 6.39. The maximum atomic E-state index is 12.9. The van der Waals surface area contributed by atoms with E-state index in [1.54, 1.807) is 27.7 Å². The predicted octanol–water partition coefficient (Wildman–Crippen LogP) is 1.28. The van der Waals surface area contributed by atoms with Gasteiger partial charge in [0.15, 0.2) is 0 Å². The van der Waals surface area contributed by atoms with Crippen LogP contribution in [0.2, 0.25) is 0 Å². The first-order valence-electron chi connectivity index (χ1n) is 7.74. The van der Waals surface area contributed by atoms with Crippen molar-refractivity contribution in [2.75, 3.05) is 18.1 Å². The second-order valence-electron chi connectivity index (χ2n) is 7.12. The fourth-order valence-corrected chi connectivity index (χ4v) is 5.06. The highest BCUT2D eigenvalue weighted by atomic mass is 32.2. The van der Waals surface area contributed by atoms with Crippen molar-refractivity contribution in [3.63, 3.8) is 0 Å². The van der Waals surface area contributed by atoms with Crippen molar-refractivity contribution in [2.45, 2.75) is 43.9 Å². The number of esters is 1. The van der Waals surface area contributed by atoms with Crippen molar-refractivity contribution in [1.82, 2.24) is 15.1 Å². The van der Waals surface area contributed by atoms with Crippen LogP contribution in [0.4, 0.5) is 0 Å². The van der Waals surface area contributed by atoms with Crippen LogP contribution in [0.1, 0.15) is 26.7 Å². The number of hydrogen-bond donors (Lipinski definition) is 0. The molecule has 3 rings (SSSR count). The highest BCUT2D eigenvalue weighted by Crippen LogP contribution is 2.43. The standard InChI is InChI=1S/C15H19N3O5S2/c1-8-16-17-13(22-8)25-7-15(12(21)23-14(2,3)4)5-18-10(20)9(19)11(18)24-6-15/h11H,5-7H2,1-4H3/t11-,15?/m1/s1. The van der Waals surface area contributed by atoms with E-state index in [0.29, 0.717) is 22.6 Å². The molecule has 1 aromatic rings. The average molecular weight is 385 g/mol. The van der Waals surface area contributed by atoms with E-state index in [0.717, 1.165) is 0 Å². The largest absolute Gasteiger partial charge is 0.459 e. The summed E-state index contributed by atoms with van der Waals surface area (Å²) in [5.74, 6) is -0.173. The summed E-state index contributed by atoms with van der Waals surface area (Å²) in [6.45, 7) is 7.23. The van der Waals surface area contributed by atoms with Crippen molar-refractivity contribution in [2.24, 2.45) is 5.41 Å². The smallest absolute Gasteiger partial charge is 0.316 e. The van der Waals surface area contributed by atoms with Gasteiger partial charge in [-0.3, -0.25) is 14.4 Å². The minimum Gasteiger partial charge on any atom is -0.459 e. The Hall–Kier alpha value is -1.55. The normalized spacial score (nSPS) is 26.2. The Labute approximate surface area is 153 Å². The Bertz CT molecular complexity index is 729. The van der Waals surface area contributed by atoms with Crippen LogP contribution in [0, 0.1) is 12.3 Å². The lowest BCUT2D eigenvalue weighted by atomic mass is 9.89. The summed E-state index contributed by atoms with van der Waals surface area (Å²) < 4.78 is 10.9. The molecule has 136 valence electrons. The average Bonchev–Trinajstić information content (AvgIpc) is 2.95. The molecule has 3 heterocycles. The predicted molar refractivity (Wildman–Crippen MR) is 91.0 cm³/mol. The number of aromatic nitrogens is 2. The van der Waals surface area contributed by atoms with Crippen molar-refractivity contribution >= 4 is 41.2 Å². The fraction of sp³-hybridized carbons (Fsp3) is 0.667. The molecule has 2 atom stereocenters. The zero-order valence-electron chi connectivity index (χ0n) is 14.4. The van der Waals surface area contributed by atoms with Gasteiger partial charge in [0.2, 0.25) is 5.89 Å². The van der Waals surface area contributed by atoms with Gasteiger partial charge in [-0.25, -0.2) is 0 Å². The molecule has 0 spiro atoms. The molecule has 1 amide bonds. The van der Waals surface area contributed by atoms with E-state index in [4.69, 9.17) is 9.15 Å². The van der Waals surface area contributed by atoms with Gasteiger partial charge < -0.3 is 14.1 Å². The maximum Gasteiger partial charge on any atom is 0.316 e. The van der Waals surface area contributed by atoms with Gasteiger partial charge in [-0.2, -0.15) is 0 Å². The molecule has 10 heteroatoms. The summed E-state index contributed by atoms with van der Waals surface area (Å²) >= 11 is 2.55. The first-order chi connectivity index (χ1) is 11.6. The van der Waals surface area contributed by atoms with Crippen molar-refractivity contribution in [3.05, 3.63) is 5.89 Å². The Balaban J connectivity index is 1.79. The molecule has 0 aromatic carbocycles. The van der Waals surface area contributed by atoms with Gasteiger partial charge in [0.25, 0.3) is 16.9 Å². The molecule has 8 nitrogen and oxygen atoms in total. The summed E-state index contributed by atoms with van der Waals surface area (Å²) in [4.78, 5) is 37.8. The number of carbonyl (C=O) groups excluding carboxylic acids is 3. The third kappa shape index (κ3) is 3.55. The zero-order valence-corrected chi connectivity index (χ0v) is 16.0. The molecular formula is C15H19N3O5S2. The minimum absolute atomic E-state index is 0.157. The molecule has 2 saturated heterocycles. The summed E-state index contributed by atoms with van der Waals surface area (Å²) in [6, 6.07) is 0. The fourth-order valence-electron chi connectivity index (χ4n) is 2.55. The Morgan fingerprint density at radius 3 is 2.76 bits per heavy atom. The highest BCUT2D eigenvalue weighted by Gasteiger charge is 2.57. The molecule has 2 fully saturated rings. The van der Waals surface area contributed by atoms with Gasteiger partial charge >= 0.3 is 5.97 Å². The summed E-state index contributed by atoms with van der Waals surface area (Å²) in [6.07, 6.45) is 0. The van der Waals surface area contributed by atoms with Crippen molar-refractivity contribution in [3.8, 4) is 0 Å². The number of thioether (sulfide) groups is 2. The molecule has 0 aliphatic carbocycles. The molecule has 2 aliphatic rings. The van der Waals surface area contributed by atoms with Crippen molar-refractivity contribution in [1.29, 1.82) is 0 Å². The number of hydrogen-bond acceptors (Lipinski definition) is 9. The molecule has 0 bridgehead atoms.